The van der Waals surface area contributed by atoms with Gasteiger partial charge < -0.3 is 0 Å². The minimum atomic E-state index is -0.422. The molecule has 2 heterocycles. The topological polar surface area (TPSA) is 47.3 Å². The molecule has 1 unspecified atom stereocenters. The first-order chi connectivity index (χ1) is 9.02. The van der Waals surface area contributed by atoms with Crippen LogP contribution in [0.4, 0.5) is 0 Å². The maximum Gasteiger partial charge on any atom is 0.184 e. The molecule has 1 atom stereocenters. The molecule has 2 rings (SSSR count). The van der Waals surface area contributed by atoms with Gasteiger partial charge in [-0.25, -0.2) is 14.8 Å². The Hall–Kier alpha value is -1.17. The zero-order valence-electron chi connectivity index (χ0n) is 11.8. The van der Waals surface area contributed by atoms with Crippen molar-refractivity contribution in [1.82, 2.24) is 9.78 Å². The normalized spacial score (nSPS) is 12.9. The summed E-state index contributed by atoms with van der Waals surface area (Å²) >= 11 is 1.77. The summed E-state index contributed by atoms with van der Waals surface area (Å²) in [5.41, 5.74) is 4.73. The van der Waals surface area contributed by atoms with Crippen LogP contribution < -0.4 is 0 Å². The van der Waals surface area contributed by atoms with Gasteiger partial charge >= 0.3 is 0 Å². The number of hydrogen-bond acceptors (Lipinski definition) is 4. The maximum absolute atomic E-state index is 9.07. The SMILES string of the molecule is Cc1cn(C(CCc2scc(C)c2C)OO)nc1C. The van der Waals surface area contributed by atoms with Crippen LogP contribution in [0.5, 0.6) is 0 Å². The Labute approximate surface area is 117 Å². The van der Waals surface area contributed by atoms with Crippen LogP contribution in [0.1, 0.15) is 39.9 Å². The zero-order chi connectivity index (χ0) is 14.0. The van der Waals surface area contributed by atoms with Gasteiger partial charge in [-0.2, -0.15) is 5.10 Å². The Bertz CT molecular complexity index is 540. The van der Waals surface area contributed by atoms with Crippen molar-refractivity contribution in [2.24, 2.45) is 0 Å². The van der Waals surface area contributed by atoms with E-state index in [2.05, 4.69) is 29.2 Å². The molecule has 0 saturated heterocycles. The fourth-order valence-electron chi connectivity index (χ4n) is 2.01. The second kappa shape index (κ2) is 5.86. The Balaban J connectivity index is 2.06. The Morgan fingerprint density at radius 3 is 2.53 bits per heavy atom. The van der Waals surface area contributed by atoms with E-state index < -0.39 is 6.23 Å². The minimum absolute atomic E-state index is 0.422. The van der Waals surface area contributed by atoms with Gasteiger partial charge in [-0.3, -0.25) is 0 Å². The van der Waals surface area contributed by atoms with Gasteiger partial charge in [0.1, 0.15) is 0 Å². The first kappa shape index (κ1) is 14.2. The van der Waals surface area contributed by atoms with Crippen molar-refractivity contribution in [2.45, 2.75) is 46.8 Å². The van der Waals surface area contributed by atoms with Crippen molar-refractivity contribution in [3.8, 4) is 0 Å². The van der Waals surface area contributed by atoms with E-state index in [9.17, 15) is 0 Å². The molecule has 0 aliphatic rings. The molecule has 0 bridgehead atoms. The Morgan fingerprint density at radius 1 is 1.32 bits per heavy atom. The van der Waals surface area contributed by atoms with Crippen LogP contribution in [0.25, 0.3) is 0 Å². The predicted molar refractivity (Wildman–Crippen MR) is 76.6 cm³/mol. The predicted octanol–water partition coefficient (Wildman–Crippen LogP) is 3.80. The second-order valence-electron chi connectivity index (χ2n) is 4.94. The minimum Gasteiger partial charge on any atom is -0.250 e. The van der Waals surface area contributed by atoms with E-state index in [-0.39, 0.29) is 0 Å². The van der Waals surface area contributed by atoms with Crippen LogP contribution in [0.3, 0.4) is 0 Å². The quantitative estimate of drug-likeness (QED) is 0.669. The lowest BCUT2D eigenvalue weighted by molar-refractivity contribution is -0.305. The summed E-state index contributed by atoms with van der Waals surface area (Å²) in [4.78, 5) is 5.93. The summed E-state index contributed by atoms with van der Waals surface area (Å²) in [5.74, 6) is 0. The highest BCUT2D eigenvalue weighted by atomic mass is 32.1. The van der Waals surface area contributed by atoms with E-state index in [4.69, 9.17) is 5.26 Å². The first-order valence-corrected chi connectivity index (χ1v) is 7.27. The standard InChI is InChI=1S/C14H20N2O2S/c1-9-7-16(15-12(9)4)14(18-17)6-5-13-11(3)10(2)8-19-13/h7-8,14,17H,5-6H2,1-4H3. The van der Waals surface area contributed by atoms with Gasteiger partial charge in [0.15, 0.2) is 6.23 Å². The van der Waals surface area contributed by atoms with Crippen LogP contribution in [0.2, 0.25) is 0 Å². The highest BCUT2D eigenvalue weighted by Crippen LogP contribution is 2.25. The number of aryl methyl sites for hydroxylation is 4. The molecule has 1 N–H and O–H groups in total. The van der Waals surface area contributed by atoms with Crippen molar-refractivity contribution in [3.63, 3.8) is 0 Å². The van der Waals surface area contributed by atoms with Gasteiger partial charge in [0.2, 0.25) is 0 Å². The molecule has 2 aromatic heterocycles. The molecule has 5 heteroatoms. The van der Waals surface area contributed by atoms with Crippen LogP contribution in [0.15, 0.2) is 11.6 Å². The average molecular weight is 280 g/mol. The molecule has 0 radical (unpaired) electrons. The van der Waals surface area contributed by atoms with Crippen molar-refractivity contribution in [1.29, 1.82) is 0 Å². The van der Waals surface area contributed by atoms with E-state index in [0.717, 1.165) is 17.7 Å². The fraction of sp³-hybridized carbons (Fsp3) is 0.500. The monoisotopic (exact) mass is 280 g/mol. The molecular weight excluding hydrogens is 260 g/mol. The molecule has 0 aliphatic heterocycles. The summed E-state index contributed by atoms with van der Waals surface area (Å²) in [7, 11) is 0. The molecule has 0 saturated carbocycles. The molecule has 2 aromatic rings. The lowest BCUT2D eigenvalue weighted by Crippen LogP contribution is -2.13. The molecule has 0 amide bonds. The molecular formula is C14H20N2O2S. The summed E-state index contributed by atoms with van der Waals surface area (Å²) in [5, 5.41) is 15.6. The largest absolute Gasteiger partial charge is 0.250 e. The molecule has 104 valence electrons. The van der Waals surface area contributed by atoms with Crippen LogP contribution >= 0.6 is 11.3 Å². The van der Waals surface area contributed by atoms with Crippen molar-refractivity contribution in [3.05, 3.63) is 38.8 Å². The average Bonchev–Trinajstić information content (AvgIpc) is 2.87. The van der Waals surface area contributed by atoms with E-state index in [0.29, 0.717) is 6.42 Å². The van der Waals surface area contributed by atoms with Gasteiger partial charge in [0.05, 0.1) is 5.69 Å². The third-order valence-electron chi connectivity index (χ3n) is 3.58. The molecule has 0 aromatic carbocycles. The Morgan fingerprint density at radius 2 is 2.05 bits per heavy atom. The summed E-state index contributed by atoms with van der Waals surface area (Å²) in [6, 6.07) is 0. The number of hydrogen-bond donors (Lipinski definition) is 1. The van der Waals surface area contributed by atoms with Gasteiger partial charge in [0, 0.05) is 17.5 Å². The third kappa shape index (κ3) is 3.05. The fourth-order valence-corrected chi connectivity index (χ4v) is 3.08. The lowest BCUT2D eigenvalue weighted by atomic mass is 10.1. The smallest absolute Gasteiger partial charge is 0.184 e. The zero-order valence-corrected chi connectivity index (χ0v) is 12.6. The van der Waals surface area contributed by atoms with Crippen molar-refractivity contribution >= 4 is 11.3 Å². The van der Waals surface area contributed by atoms with E-state index >= 15 is 0 Å². The number of aromatic nitrogens is 2. The van der Waals surface area contributed by atoms with E-state index in [1.165, 1.54) is 16.0 Å². The molecule has 0 aliphatic carbocycles. The van der Waals surface area contributed by atoms with Gasteiger partial charge in [0.25, 0.3) is 0 Å². The molecule has 4 nitrogen and oxygen atoms in total. The summed E-state index contributed by atoms with van der Waals surface area (Å²) in [6.07, 6.45) is 3.07. The second-order valence-corrected chi connectivity index (χ2v) is 5.91. The van der Waals surface area contributed by atoms with Gasteiger partial charge in [-0.1, -0.05) is 0 Å². The number of nitrogens with zero attached hydrogens (tertiary/aromatic N) is 2. The molecule has 0 fully saturated rings. The third-order valence-corrected chi connectivity index (χ3v) is 4.85. The van der Waals surface area contributed by atoms with Crippen LogP contribution in [-0.4, -0.2) is 15.0 Å². The number of thiophene rings is 1. The Kier molecular flexibility index (Phi) is 4.39. The first-order valence-electron chi connectivity index (χ1n) is 6.39. The van der Waals surface area contributed by atoms with E-state index in [1.54, 1.807) is 16.0 Å². The van der Waals surface area contributed by atoms with Crippen LogP contribution in [0, 0.1) is 27.7 Å². The van der Waals surface area contributed by atoms with Crippen molar-refractivity contribution < 1.29 is 10.1 Å². The number of rotatable bonds is 5. The maximum atomic E-state index is 9.07. The van der Waals surface area contributed by atoms with Gasteiger partial charge in [-0.05, 0) is 56.2 Å². The molecule has 0 spiro atoms. The lowest BCUT2D eigenvalue weighted by Gasteiger charge is -2.13. The summed E-state index contributed by atoms with van der Waals surface area (Å²) < 4.78 is 1.69. The molecule has 19 heavy (non-hydrogen) atoms. The summed E-state index contributed by atoms with van der Waals surface area (Å²) in [6.45, 7) is 8.21. The van der Waals surface area contributed by atoms with Crippen molar-refractivity contribution in [2.75, 3.05) is 0 Å². The van der Waals surface area contributed by atoms with Gasteiger partial charge in [-0.15, -0.1) is 11.3 Å². The van der Waals surface area contributed by atoms with Crippen LogP contribution in [-0.2, 0) is 11.3 Å². The highest BCUT2D eigenvalue weighted by Gasteiger charge is 2.15. The highest BCUT2D eigenvalue weighted by molar-refractivity contribution is 7.10. The van der Waals surface area contributed by atoms with E-state index in [1.807, 2.05) is 20.0 Å².